The van der Waals surface area contributed by atoms with Crippen molar-refractivity contribution in [2.45, 2.75) is 38.4 Å². The maximum absolute atomic E-state index is 12.0. The molecule has 1 unspecified atom stereocenters. The van der Waals surface area contributed by atoms with Gasteiger partial charge >= 0.3 is 0 Å². The summed E-state index contributed by atoms with van der Waals surface area (Å²) in [4.78, 5) is 13.9. The summed E-state index contributed by atoms with van der Waals surface area (Å²) in [6, 6.07) is 9.89. The van der Waals surface area contributed by atoms with E-state index in [1.165, 1.54) is 0 Å². The largest absolute Gasteiger partial charge is 0.388 e. The summed E-state index contributed by atoms with van der Waals surface area (Å²) < 4.78 is 10.8. The van der Waals surface area contributed by atoms with Crippen LogP contribution < -0.4 is 0 Å². The fourth-order valence-electron chi connectivity index (χ4n) is 2.63. The van der Waals surface area contributed by atoms with Crippen molar-refractivity contribution in [3.63, 3.8) is 0 Å². The van der Waals surface area contributed by atoms with Gasteiger partial charge in [-0.2, -0.15) is 0 Å². The van der Waals surface area contributed by atoms with E-state index in [2.05, 4.69) is 0 Å². The normalized spacial score (nSPS) is 17.7. The molecule has 1 amide bonds. The predicted molar refractivity (Wildman–Crippen MR) is 88.0 cm³/mol. The highest BCUT2D eigenvalue weighted by Gasteiger charge is 2.22. The molecule has 1 aliphatic heterocycles. The first-order chi connectivity index (χ1) is 11.1. The van der Waals surface area contributed by atoms with Crippen molar-refractivity contribution in [1.82, 2.24) is 4.90 Å². The Hall–Kier alpha value is -1.43. The number of ether oxygens (including phenoxy) is 2. The van der Waals surface area contributed by atoms with E-state index < -0.39 is 5.60 Å². The number of hydrogen-bond acceptors (Lipinski definition) is 4. The molecule has 0 aliphatic carbocycles. The minimum atomic E-state index is -0.903. The highest BCUT2D eigenvalue weighted by Crippen LogP contribution is 2.16. The van der Waals surface area contributed by atoms with Crippen molar-refractivity contribution >= 4 is 5.91 Å². The zero-order valence-corrected chi connectivity index (χ0v) is 13.9. The highest BCUT2D eigenvalue weighted by molar-refractivity contribution is 5.76. The molecule has 0 spiro atoms. The molecule has 1 saturated heterocycles. The first-order valence-corrected chi connectivity index (χ1v) is 8.26. The van der Waals surface area contributed by atoms with Gasteiger partial charge in [-0.1, -0.05) is 30.3 Å². The maximum Gasteiger partial charge on any atom is 0.222 e. The number of carbonyl (C=O) groups is 1. The lowest BCUT2D eigenvalue weighted by molar-refractivity contribution is -0.135. The molecule has 1 atom stereocenters. The third-order valence-electron chi connectivity index (χ3n) is 3.99. The molecule has 0 aromatic heterocycles. The fraction of sp³-hybridized carbons (Fsp3) is 0.611. The van der Waals surface area contributed by atoms with Crippen LogP contribution >= 0.6 is 0 Å². The third kappa shape index (κ3) is 6.69. The summed E-state index contributed by atoms with van der Waals surface area (Å²) >= 11 is 0. The molecule has 0 radical (unpaired) electrons. The van der Waals surface area contributed by atoms with Gasteiger partial charge in [-0.25, -0.2) is 0 Å². The molecular weight excluding hydrogens is 294 g/mol. The second-order valence-electron chi connectivity index (χ2n) is 6.32. The Morgan fingerprint density at radius 3 is 2.70 bits per heavy atom. The maximum atomic E-state index is 12.0. The second kappa shape index (κ2) is 9.01. The average Bonchev–Trinajstić information content (AvgIpc) is 2.56. The summed E-state index contributed by atoms with van der Waals surface area (Å²) in [6.07, 6.45) is 1.69. The lowest BCUT2D eigenvalue weighted by Crippen LogP contribution is -2.40. The zero-order valence-electron chi connectivity index (χ0n) is 13.9. The number of benzene rings is 1. The van der Waals surface area contributed by atoms with Crippen LogP contribution in [0, 0.1) is 0 Å². The van der Waals surface area contributed by atoms with Crippen LogP contribution in [0.2, 0.25) is 0 Å². The summed E-state index contributed by atoms with van der Waals surface area (Å²) in [7, 11) is 0. The lowest BCUT2D eigenvalue weighted by atomic mass is 10.00. The van der Waals surface area contributed by atoms with E-state index in [1.807, 2.05) is 35.2 Å². The van der Waals surface area contributed by atoms with Gasteiger partial charge in [-0.15, -0.1) is 0 Å². The van der Waals surface area contributed by atoms with E-state index in [4.69, 9.17) is 9.47 Å². The number of hydrogen-bond donors (Lipinski definition) is 1. The SMILES string of the molecule is CC(O)(CCCC(=O)N1CCOCC1)COCc1ccccc1. The van der Waals surface area contributed by atoms with Gasteiger partial charge < -0.3 is 19.5 Å². The molecule has 1 aromatic carbocycles. The number of amides is 1. The van der Waals surface area contributed by atoms with Crippen LogP contribution in [0.3, 0.4) is 0 Å². The molecule has 0 bridgehead atoms. The second-order valence-corrected chi connectivity index (χ2v) is 6.32. The van der Waals surface area contributed by atoms with Gasteiger partial charge in [0, 0.05) is 19.5 Å². The number of carbonyl (C=O) groups excluding carboxylic acids is 1. The Kier molecular flexibility index (Phi) is 7.02. The smallest absolute Gasteiger partial charge is 0.222 e. The van der Waals surface area contributed by atoms with Crippen LogP contribution in [0.5, 0.6) is 0 Å². The van der Waals surface area contributed by atoms with Crippen molar-refractivity contribution in [1.29, 1.82) is 0 Å². The number of morpholine rings is 1. The Labute approximate surface area is 138 Å². The standard InChI is InChI=1S/C18H27NO4/c1-18(21,15-23-14-16-6-3-2-4-7-16)9-5-8-17(20)19-10-12-22-13-11-19/h2-4,6-7,21H,5,8-15H2,1H3. The Balaban J connectivity index is 1.62. The quantitative estimate of drug-likeness (QED) is 0.795. The molecule has 1 N–H and O–H groups in total. The van der Waals surface area contributed by atoms with Crippen molar-refractivity contribution in [3.05, 3.63) is 35.9 Å². The molecule has 5 nitrogen and oxygen atoms in total. The topological polar surface area (TPSA) is 59.0 Å². The van der Waals surface area contributed by atoms with E-state index >= 15 is 0 Å². The van der Waals surface area contributed by atoms with Crippen molar-refractivity contribution in [3.8, 4) is 0 Å². The molecule has 5 heteroatoms. The van der Waals surface area contributed by atoms with E-state index in [0.29, 0.717) is 52.2 Å². The Bertz CT molecular complexity index is 469. The summed E-state index contributed by atoms with van der Waals surface area (Å²) in [5.41, 5.74) is 0.186. The molecule has 128 valence electrons. The van der Waals surface area contributed by atoms with Crippen molar-refractivity contribution < 1.29 is 19.4 Å². The summed E-state index contributed by atoms with van der Waals surface area (Å²) in [5.74, 6) is 0.148. The predicted octanol–water partition coefficient (Wildman–Crippen LogP) is 1.98. The third-order valence-corrected chi connectivity index (χ3v) is 3.99. The van der Waals surface area contributed by atoms with Crippen LogP contribution in [0.1, 0.15) is 31.7 Å². The van der Waals surface area contributed by atoms with Gasteiger partial charge in [-0.3, -0.25) is 4.79 Å². The fourth-order valence-corrected chi connectivity index (χ4v) is 2.63. The van der Waals surface area contributed by atoms with E-state index in [1.54, 1.807) is 6.92 Å². The average molecular weight is 321 g/mol. The minimum Gasteiger partial charge on any atom is -0.388 e. The molecule has 1 aromatic rings. The van der Waals surface area contributed by atoms with Crippen molar-refractivity contribution in [2.75, 3.05) is 32.9 Å². The van der Waals surface area contributed by atoms with Crippen molar-refractivity contribution in [2.24, 2.45) is 0 Å². The Morgan fingerprint density at radius 2 is 2.00 bits per heavy atom. The van der Waals surface area contributed by atoms with Gasteiger partial charge in [0.2, 0.25) is 5.91 Å². The molecule has 1 fully saturated rings. The summed E-state index contributed by atoms with van der Waals surface area (Å²) in [5, 5.41) is 10.3. The molecule has 23 heavy (non-hydrogen) atoms. The van der Waals surface area contributed by atoms with Crippen LogP contribution in [-0.4, -0.2) is 54.4 Å². The molecule has 2 rings (SSSR count). The van der Waals surface area contributed by atoms with Crippen LogP contribution in [-0.2, 0) is 20.9 Å². The van der Waals surface area contributed by atoms with Gasteiger partial charge in [0.05, 0.1) is 32.0 Å². The monoisotopic (exact) mass is 321 g/mol. The first kappa shape index (κ1) is 17.9. The number of aliphatic hydroxyl groups is 1. The van der Waals surface area contributed by atoms with Crippen LogP contribution in [0.25, 0.3) is 0 Å². The highest BCUT2D eigenvalue weighted by atomic mass is 16.5. The molecule has 1 heterocycles. The van der Waals surface area contributed by atoms with Gasteiger partial charge in [0.1, 0.15) is 0 Å². The lowest BCUT2D eigenvalue weighted by Gasteiger charge is -2.28. The van der Waals surface area contributed by atoms with E-state index in [-0.39, 0.29) is 12.5 Å². The number of nitrogens with zero attached hydrogens (tertiary/aromatic N) is 1. The van der Waals surface area contributed by atoms with Gasteiger partial charge in [-0.05, 0) is 25.3 Å². The van der Waals surface area contributed by atoms with E-state index in [9.17, 15) is 9.90 Å². The molecule has 0 saturated carbocycles. The van der Waals surface area contributed by atoms with E-state index in [0.717, 1.165) is 5.56 Å². The van der Waals surface area contributed by atoms with Crippen LogP contribution in [0.15, 0.2) is 30.3 Å². The van der Waals surface area contributed by atoms with Crippen LogP contribution in [0.4, 0.5) is 0 Å². The zero-order chi connectivity index (χ0) is 16.5. The first-order valence-electron chi connectivity index (χ1n) is 8.26. The van der Waals surface area contributed by atoms with Gasteiger partial charge in [0.25, 0.3) is 0 Å². The minimum absolute atomic E-state index is 0.148. The summed E-state index contributed by atoms with van der Waals surface area (Å²) in [6.45, 7) is 5.12. The van der Waals surface area contributed by atoms with Gasteiger partial charge in [0.15, 0.2) is 0 Å². The molecular formula is C18H27NO4. The Morgan fingerprint density at radius 1 is 1.30 bits per heavy atom. The molecule has 1 aliphatic rings. The number of rotatable bonds is 8.